The number of nitrogens with zero attached hydrogens (tertiary/aromatic N) is 3. The van der Waals surface area contributed by atoms with Gasteiger partial charge in [-0.15, -0.1) is 0 Å². The summed E-state index contributed by atoms with van der Waals surface area (Å²) in [5.74, 6) is 0.796. The Morgan fingerprint density at radius 3 is 2.56 bits per heavy atom. The van der Waals surface area contributed by atoms with Gasteiger partial charge in [-0.2, -0.15) is 5.10 Å². The lowest BCUT2D eigenvalue weighted by Crippen LogP contribution is -2.53. The molecule has 152 valence electrons. The first-order valence-corrected chi connectivity index (χ1v) is 10.2. The molecule has 2 fully saturated rings. The molecule has 2 aliphatic rings. The van der Waals surface area contributed by atoms with Gasteiger partial charge in [-0.05, 0) is 66.0 Å². The predicted molar refractivity (Wildman–Crippen MR) is 107 cm³/mol. The van der Waals surface area contributed by atoms with Crippen LogP contribution in [0.3, 0.4) is 0 Å². The van der Waals surface area contributed by atoms with Gasteiger partial charge in [0.1, 0.15) is 0 Å². The van der Waals surface area contributed by atoms with Gasteiger partial charge in [0, 0.05) is 37.5 Å². The highest BCUT2D eigenvalue weighted by molar-refractivity contribution is 6.59. The van der Waals surface area contributed by atoms with Crippen LogP contribution >= 0.6 is 0 Å². The van der Waals surface area contributed by atoms with Crippen LogP contribution in [0.15, 0.2) is 12.4 Å². The summed E-state index contributed by atoms with van der Waals surface area (Å²) in [4.78, 5) is 2.57. The maximum Gasteiger partial charge on any atom is 0.494 e. The lowest BCUT2D eigenvalue weighted by molar-refractivity contribution is -0.0982. The zero-order valence-electron chi connectivity index (χ0n) is 17.2. The number of piperidine rings is 1. The van der Waals surface area contributed by atoms with Gasteiger partial charge in [0.05, 0.1) is 17.2 Å². The Labute approximate surface area is 163 Å². The molecule has 3 rings (SSSR count). The molecular weight excluding hydrogens is 343 g/mol. The minimum absolute atomic E-state index is 0.367. The number of hydrogen-bond donors (Lipinski definition) is 3. The first-order chi connectivity index (χ1) is 12.7. The van der Waals surface area contributed by atoms with Crippen LogP contribution in [0.4, 0.5) is 0 Å². The van der Waals surface area contributed by atoms with E-state index in [-0.39, 0.29) is 0 Å². The van der Waals surface area contributed by atoms with Crippen molar-refractivity contribution in [3.05, 3.63) is 12.4 Å². The minimum atomic E-state index is -1.10. The van der Waals surface area contributed by atoms with Crippen molar-refractivity contribution < 1.29 is 14.8 Å². The zero-order valence-corrected chi connectivity index (χ0v) is 17.2. The summed E-state index contributed by atoms with van der Waals surface area (Å²) in [5, 5.41) is 28.6. The molecule has 0 radical (unpaired) electrons. The van der Waals surface area contributed by atoms with Crippen molar-refractivity contribution in [1.82, 2.24) is 20.0 Å². The fraction of sp³-hybridized carbons (Fsp3) is 0.842. The van der Waals surface area contributed by atoms with Crippen molar-refractivity contribution in [3.8, 4) is 0 Å². The third kappa shape index (κ3) is 5.12. The fourth-order valence-electron chi connectivity index (χ4n) is 3.77. The normalized spacial score (nSPS) is 23.1. The molecule has 0 spiro atoms. The summed E-state index contributed by atoms with van der Waals surface area (Å²) in [6.45, 7) is 12.6. The van der Waals surface area contributed by atoms with E-state index in [1.54, 1.807) is 33.9 Å². The average molecular weight is 378 g/mol. The van der Waals surface area contributed by atoms with Crippen molar-refractivity contribution in [3.63, 3.8) is 0 Å². The van der Waals surface area contributed by atoms with Crippen LogP contribution in [0.5, 0.6) is 0 Å². The van der Waals surface area contributed by atoms with Crippen LogP contribution in [0.25, 0.3) is 0 Å². The summed E-state index contributed by atoms with van der Waals surface area (Å²) in [5.41, 5.74) is -1.31. The molecule has 0 amide bonds. The van der Waals surface area contributed by atoms with Crippen LogP contribution < -0.4 is 10.8 Å². The molecule has 27 heavy (non-hydrogen) atoms. The number of nitrogens with one attached hydrogen (secondary N) is 1. The molecule has 0 bridgehead atoms. The molecule has 1 aromatic heterocycles. The number of aromatic nitrogens is 2. The topological polar surface area (TPSA) is 82.8 Å². The Morgan fingerprint density at radius 1 is 1.26 bits per heavy atom. The largest absolute Gasteiger partial charge is 0.494 e. The Morgan fingerprint density at radius 2 is 1.96 bits per heavy atom. The second-order valence-corrected chi connectivity index (χ2v) is 9.18. The van der Waals surface area contributed by atoms with E-state index in [0.29, 0.717) is 11.5 Å². The molecule has 2 saturated heterocycles. The summed E-state index contributed by atoms with van der Waals surface area (Å²) in [6.07, 6.45) is 7.00. The van der Waals surface area contributed by atoms with Gasteiger partial charge in [-0.25, -0.2) is 0 Å². The number of aliphatic hydroxyl groups is 1. The highest BCUT2D eigenvalue weighted by atomic mass is 16.5. The Kier molecular flexibility index (Phi) is 6.32. The Hall–Kier alpha value is -0.925. The van der Waals surface area contributed by atoms with E-state index in [1.807, 2.05) is 10.9 Å². The van der Waals surface area contributed by atoms with Crippen LogP contribution in [0.1, 0.15) is 53.0 Å². The van der Waals surface area contributed by atoms with Crippen molar-refractivity contribution >= 4 is 12.6 Å². The molecular formula is C19H35BN4O3. The van der Waals surface area contributed by atoms with Gasteiger partial charge in [0.15, 0.2) is 0 Å². The second-order valence-electron chi connectivity index (χ2n) is 9.18. The third-order valence-corrected chi connectivity index (χ3v) is 6.40. The number of hydrogen-bond acceptors (Lipinski definition) is 6. The maximum atomic E-state index is 10.4. The number of rotatable bonds is 7. The zero-order chi connectivity index (χ0) is 19.7. The van der Waals surface area contributed by atoms with E-state index in [0.717, 1.165) is 44.9 Å². The van der Waals surface area contributed by atoms with Crippen LogP contribution in [0, 0.1) is 5.92 Å². The Bertz CT molecular complexity index is 602. The van der Waals surface area contributed by atoms with E-state index in [4.69, 9.17) is 4.65 Å². The average Bonchev–Trinajstić information content (AvgIpc) is 3.25. The SMILES string of the molecule is CC(C)(O)C(C)(C)OB(O)c1cnn(C2CCN(CC3CCNC3)CC2)c1. The lowest BCUT2D eigenvalue weighted by Gasteiger charge is -2.38. The van der Waals surface area contributed by atoms with Gasteiger partial charge in [-0.3, -0.25) is 4.68 Å². The highest BCUT2D eigenvalue weighted by Crippen LogP contribution is 2.26. The van der Waals surface area contributed by atoms with Crippen LogP contribution in [-0.2, 0) is 4.65 Å². The molecule has 8 heteroatoms. The summed E-state index contributed by atoms with van der Waals surface area (Å²) >= 11 is 0. The van der Waals surface area contributed by atoms with Crippen molar-refractivity contribution in [2.45, 2.75) is 64.2 Å². The molecule has 7 nitrogen and oxygen atoms in total. The molecule has 1 atom stereocenters. The monoisotopic (exact) mass is 378 g/mol. The van der Waals surface area contributed by atoms with Crippen LogP contribution in [-0.4, -0.2) is 75.9 Å². The fourth-order valence-corrected chi connectivity index (χ4v) is 3.77. The molecule has 1 aromatic rings. The third-order valence-electron chi connectivity index (χ3n) is 6.40. The highest BCUT2D eigenvalue weighted by Gasteiger charge is 2.40. The van der Waals surface area contributed by atoms with Crippen molar-refractivity contribution in [2.24, 2.45) is 5.92 Å². The molecule has 0 aliphatic carbocycles. The van der Waals surface area contributed by atoms with Crippen LogP contribution in [0.2, 0.25) is 0 Å². The number of likely N-dealkylation sites (tertiary alicyclic amines) is 1. The smallest absolute Gasteiger partial charge is 0.423 e. The maximum absolute atomic E-state index is 10.4. The minimum Gasteiger partial charge on any atom is -0.423 e. The van der Waals surface area contributed by atoms with Gasteiger partial charge < -0.3 is 25.0 Å². The standard InChI is InChI=1S/C19H35BN4O3/c1-18(2,25)19(3,4)27-20(26)16-12-22-24(14-16)17-6-9-23(10-7-17)13-15-5-8-21-11-15/h12,14-15,17,21,25-26H,5-11,13H2,1-4H3. The molecule has 3 heterocycles. The van der Waals surface area contributed by atoms with Gasteiger partial charge >= 0.3 is 7.12 Å². The summed E-state index contributed by atoms with van der Waals surface area (Å²) in [6, 6.07) is 0.367. The van der Waals surface area contributed by atoms with E-state index in [9.17, 15) is 10.1 Å². The second kappa shape index (κ2) is 8.21. The molecule has 0 saturated carbocycles. The van der Waals surface area contributed by atoms with E-state index < -0.39 is 18.3 Å². The van der Waals surface area contributed by atoms with Crippen molar-refractivity contribution in [1.29, 1.82) is 0 Å². The summed E-state index contributed by atoms with van der Waals surface area (Å²) < 4.78 is 7.68. The lowest BCUT2D eigenvalue weighted by atomic mass is 9.78. The first-order valence-electron chi connectivity index (χ1n) is 10.2. The van der Waals surface area contributed by atoms with E-state index >= 15 is 0 Å². The molecule has 2 aliphatic heterocycles. The van der Waals surface area contributed by atoms with E-state index in [2.05, 4.69) is 15.3 Å². The van der Waals surface area contributed by atoms with Gasteiger partial charge in [0.2, 0.25) is 0 Å². The summed E-state index contributed by atoms with van der Waals surface area (Å²) in [7, 11) is -1.10. The van der Waals surface area contributed by atoms with E-state index in [1.165, 1.54) is 13.0 Å². The molecule has 3 N–H and O–H groups in total. The quantitative estimate of drug-likeness (QED) is 0.596. The molecule has 0 aromatic carbocycles. The van der Waals surface area contributed by atoms with Gasteiger partial charge in [0.25, 0.3) is 0 Å². The Balaban J connectivity index is 1.52. The van der Waals surface area contributed by atoms with Gasteiger partial charge in [-0.1, -0.05) is 0 Å². The predicted octanol–water partition coefficient (Wildman–Crippen LogP) is 0.383. The van der Waals surface area contributed by atoms with Crippen molar-refractivity contribution in [2.75, 3.05) is 32.7 Å². The molecule has 1 unspecified atom stereocenters. The first kappa shape index (κ1) is 20.8.